The number of nitrogens with one attached hydrogen (secondary N) is 2. The number of ether oxygens (including phenoxy) is 2. The summed E-state index contributed by atoms with van der Waals surface area (Å²) in [5.74, 6) is 1.36. The van der Waals surface area contributed by atoms with Gasteiger partial charge < -0.3 is 25.0 Å². The molecule has 0 spiro atoms. The fourth-order valence-corrected chi connectivity index (χ4v) is 3.31. The van der Waals surface area contributed by atoms with E-state index in [1.165, 1.54) is 0 Å². The van der Waals surface area contributed by atoms with Gasteiger partial charge >= 0.3 is 6.09 Å². The smallest absolute Gasteiger partial charge is 0.408 e. The Morgan fingerprint density at radius 3 is 2.59 bits per heavy atom. The van der Waals surface area contributed by atoms with E-state index in [4.69, 9.17) is 9.47 Å². The van der Waals surface area contributed by atoms with Gasteiger partial charge in [0, 0.05) is 39.7 Å². The van der Waals surface area contributed by atoms with E-state index in [9.17, 15) is 4.79 Å². The molecule has 1 saturated heterocycles. The minimum absolute atomic E-state index is 0. The van der Waals surface area contributed by atoms with Crippen LogP contribution in [-0.4, -0.2) is 63.0 Å². The second-order valence-electron chi connectivity index (χ2n) is 8.09. The SMILES string of the molecule is CN=C(NCC(NC(=O)OC(C)(C)C)c1ccccc1)N1CCC(COC)C1.I. The maximum Gasteiger partial charge on any atom is 0.408 e. The van der Waals surface area contributed by atoms with Gasteiger partial charge in [-0.3, -0.25) is 4.99 Å². The number of alkyl carbamates (subject to hydrolysis) is 1. The third kappa shape index (κ3) is 8.77. The number of rotatable bonds is 6. The van der Waals surface area contributed by atoms with Crippen molar-refractivity contribution >= 4 is 36.0 Å². The molecule has 0 saturated carbocycles. The fourth-order valence-electron chi connectivity index (χ4n) is 3.31. The number of carbonyl (C=O) groups excluding carboxylic acids is 1. The highest BCUT2D eigenvalue weighted by Gasteiger charge is 2.26. The largest absolute Gasteiger partial charge is 0.444 e. The zero-order valence-electron chi connectivity index (χ0n) is 18.1. The summed E-state index contributed by atoms with van der Waals surface area (Å²) in [6, 6.07) is 9.65. The number of hydrogen-bond acceptors (Lipinski definition) is 4. The first kappa shape index (κ1) is 25.5. The number of likely N-dealkylation sites (tertiary alicyclic amines) is 1. The Morgan fingerprint density at radius 2 is 2.00 bits per heavy atom. The molecular weight excluding hydrogens is 483 g/mol. The van der Waals surface area contributed by atoms with Crippen molar-refractivity contribution in [1.82, 2.24) is 15.5 Å². The molecule has 0 bridgehead atoms. The maximum atomic E-state index is 12.3. The molecule has 1 aliphatic rings. The van der Waals surface area contributed by atoms with E-state index < -0.39 is 11.7 Å². The van der Waals surface area contributed by atoms with Gasteiger partial charge in [0.1, 0.15) is 5.60 Å². The lowest BCUT2D eigenvalue weighted by Gasteiger charge is -2.27. The number of hydrogen-bond donors (Lipinski definition) is 2. The summed E-state index contributed by atoms with van der Waals surface area (Å²) in [7, 11) is 3.52. The van der Waals surface area contributed by atoms with Crippen molar-refractivity contribution in [3.05, 3.63) is 35.9 Å². The Labute approximate surface area is 191 Å². The van der Waals surface area contributed by atoms with Gasteiger partial charge in [-0.1, -0.05) is 30.3 Å². The molecule has 0 aromatic heterocycles. The molecular formula is C21H35IN4O3. The van der Waals surface area contributed by atoms with E-state index in [0.717, 1.165) is 37.6 Å². The van der Waals surface area contributed by atoms with Crippen molar-refractivity contribution in [2.45, 2.75) is 38.8 Å². The first-order valence-corrected chi connectivity index (χ1v) is 9.81. The lowest BCUT2D eigenvalue weighted by Crippen LogP contribution is -2.45. The maximum absolute atomic E-state index is 12.3. The molecule has 0 aliphatic carbocycles. The Kier molecular flexibility index (Phi) is 10.7. The molecule has 8 heteroatoms. The third-order valence-corrected chi connectivity index (χ3v) is 4.56. The lowest BCUT2D eigenvalue weighted by atomic mass is 10.1. The second-order valence-corrected chi connectivity index (χ2v) is 8.09. The van der Waals surface area contributed by atoms with Gasteiger partial charge in [0.2, 0.25) is 0 Å². The van der Waals surface area contributed by atoms with Crippen molar-refractivity contribution in [3.63, 3.8) is 0 Å². The number of guanidine groups is 1. The molecule has 1 heterocycles. The Bertz CT molecular complexity index is 649. The predicted octanol–water partition coefficient (Wildman–Crippen LogP) is 3.41. The van der Waals surface area contributed by atoms with Gasteiger partial charge in [0.05, 0.1) is 12.6 Å². The Hall–Kier alpha value is -1.55. The third-order valence-electron chi connectivity index (χ3n) is 4.56. The first-order valence-electron chi connectivity index (χ1n) is 9.81. The van der Waals surface area contributed by atoms with Crippen LogP contribution in [0.2, 0.25) is 0 Å². The summed E-state index contributed by atoms with van der Waals surface area (Å²) in [4.78, 5) is 19.0. The quantitative estimate of drug-likeness (QED) is 0.343. The molecule has 1 aliphatic heterocycles. The molecule has 2 atom stereocenters. The van der Waals surface area contributed by atoms with Gasteiger partial charge in [0.15, 0.2) is 5.96 Å². The molecule has 164 valence electrons. The number of aliphatic imine (C=N–C) groups is 1. The van der Waals surface area contributed by atoms with E-state index in [1.807, 2.05) is 51.1 Å². The number of nitrogens with zero attached hydrogens (tertiary/aromatic N) is 2. The van der Waals surface area contributed by atoms with Crippen LogP contribution in [0.15, 0.2) is 35.3 Å². The number of methoxy groups -OCH3 is 1. The molecule has 1 fully saturated rings. The predicted molar refractivity (Wildman–Crippen MR) is 127 cm³/mol. The van der Waals surface area contributed by atoms with Crippen LogP contribution in [0, 0.1) is 5.92 Å². The van der Waals surface area contributed by atoms with Crippen LogP contribution in [0.4, 0.5) is 4.79 Å². The summed E-state index contributed by atoms with van der Waals surface area (Å²) in [6.07, 6.45) is 0.659. The first-order chi connectivity index (χ1) is 13.3. The molecule has 2 rings (SSSR count). The Morgan fingerprint density at radius 1 is 1.31 bits per heavy atom. The van der Waals surface area contributed by atoms with Crippen molar-refractivity contribution < 1.29 is 14.3 Å². The van der Waals surface area contributed by atoms with E-state index >= 15 is 0 Å². The topological polar surface area (TPSA) is 75.2 Å². The summed E-state index contributed by atoms with van der Waals surface area (Å²) < 4.78 is 10.7. The highest BCUT2D eigenvalue weighted by molar-refractivity contribution is 14.0. The molecule has 2 N–H and O–H groups in total. The van der Waals surface area contributed by atoms with Crippen molar-refractivity contribution in [1.29, 1.82) is 0 Å². The van der Waals surface area contributed by atoms with Crippen molar-refractivity contribution in [2.24, 2.45) is 10.9 Å². The van der Waals surface area contributed by atoms with E-state index in [1.54, 1.807) is 14.2 Å². The van der Waals surface area contributed by atoms with Crippen LogP contribution in [-0.2, 0) is 9.47 Å². The normalized spacial score (nSPS) is 18.0. The number of carbonyl (C=O) groups is 1. The van der Waals surface area contributed by atoms with Gasteiger partial charge in [-0.05, 0) is 32.8 Å². The zero-order chi connectivity index (χ0) is 20.6. The highest BCUT2D eigenvalue weighted by Crippen LogP contribution is 2.17. The van der Waals surface area contributed by atoms with Gasteiger partial charge in [0.25, 0.3) is 0 Å². The molecule has 7 nitrogen and oxygen atoms in total. The molecule has 1 aromatic rings. The van der Waals surface area contributed by atoms with Crippen molar-refractivity contribution in [3.8, 4) is 0 Å². The number of halogens is 1. The standard InChI is InChI=1S/C21H34N4O3.HI/c1-21(2,3)28-20(26)24-18(17-9-7-6-8-10-17)13-23-19(22-4)25-12-11-16(14-25)15-27-5;/h6-10,16,18H,11-15H2,1-5H3,(H,22,23)(H,24,26);1H. The van der Waals surface area contributed by atoms with Crippen LogP contribution in [0.3, 0.4) is 0 Å². The summed E-state index contributed by atoms with van der Waals surface area (Å²) in [6.45, 7) is 8.71. The average molecular weight is 518 g/mol. The zero-order valence-corrected chi connectivity index (χ0v) is 20.4. The van der Waals surface area contributed by atoms with Crippen LogP contribution in [0.1, 0.15) is 38.8 Å². The summed E-state index contributed by atoms with van der Waals surface area (Å²) >= 11 is 0. The molecule has 1 amide bonds. The van der Waals surface area contributed by atoms with Gasteiger partial charge in [-0.15, -0.1) is 24.0 Å². The van der Waals surface area contributed by atoms with E-state index in [0.29, 0.717) is 12.5 Å². The summed E-state index contributed by atoms with van der Waals surface area (Å²) in [5, 5.41) is 6.38. The van der Waals surface area contributed by atoms with E-state index in [-0.39, 0.29) is 30.0 Å². The van der Waals surface area contributed by atoms with Gasteiger partial charge in [-0.25, -0.2) is 4.79 Å². The van der Waals surface area contributed by atoms with Crippen molar-refractivity contribution in [2.75, 3.05) is 40.4 Å². The Balaban J connectivity index is 0.00000420. The number of amides is 1. The fraction of sp³-hybridized carbons (Fsp3) is 0.619. The molecule has 0 radical (unpaired) electrons. The van der Waals surface area contributed by atoms with Crippen LogP contribution in [0.5, 0.6) is 0 Å². The lowest BCUT2D eigenvalue weighted by molar-refractivity contribution is 0.0504. The molecule has 29 heavy (non-hydrogen) atoms. The average Bonchev–Trinajstić information content (AvgIpc) is 3.09. The van der Waals surface area contributed by atoms with Crippen LogP contribution >= 0.6 is 24.0 Å². The van der Waals surface area contributed by atoms with Crippen LogP contribution < -0.4 is 10.6 Å². The molecule has 1 aromatic carbocycles. The minimum Gasteiger partial charge on any atom is -0.444 e. The monoisotopic (exact) mass is 518 g/mol. The van der Waals surface area contributed by atoms with E-state index in [2.05, 4.69) is 20.5 Å². The van der Waals surface area contributed by atoms with Crippen LogP contribution in [0.25, 0.3) is 0 Å². The summed E-state index contributed by atoms with van der Waals surface area (Å²) in [5.41, 5.74) is 0.468. The molecule has 2 unspecified atom stereocenters. The second kappa shape index (κ2) is 12.2. The van der Waals surface area contributed by atoms with Gasteiger partial charge in [-0.2, -0.15) is 0 Å². The number of benzene rings is 1. The highest BCUT2D eigenvalue weighted by atomic mass is 127. The minimum atomic E-state index is -0.541.